The predicted octanol–water partition coefficient (Wildman–Crippen LogP) is -2.32. The third-order valence-electron chi connectivity index (χ3n) is 4.86. The first kappa shape index (κ1) is 18.7. The van der Waals surface area contributed by atoms with Gasteiger partial charge in [-0.25, -0.2) is 0 Å². The van der Waals surface area contributed by atoms with Crippen molar-refractivity contribution in [3.63, 3.8) is 0 Å². The van der Waals surface area contributed by atoms with Crippen LogP contribution in [0.1, 0.15) is 16.8 Å². The molecule has 9 nitrogen and oxygen atoms in total. The fraction of sp³-hybridized carbons (Fsp3) is 0.529. The minimum Gasteiger partial charge on any atom is -0.394 e. The van der Waals surface area contributed by atoms with Crippen LogP contribution in [0.2, 0.25) is 0 Å². The minimum atomic E-state index is -1.66. The van der Waals surface area contributed by atoms with Gasteiger partial charge in [0.1, 0.15) is 24.4 Å². The summed E-state index contributed by atoms with van der Waals surface area (Å²) in [6, 6.07) is 5.54. The number of benzene rings is 1. The molecule has 1 aromatic carbocycles. The van der Waals surface area contributed by atoms with E-state index in [0.717, 1.165) is 0 Å². The number of hydrogen-bond donors (Lipinski definition) is 5. The second kappa shape index (κ2) is 7.29. The van der Waals surface area contributed by atoms with Gasteiger partial charge in [0, 0.05) is 13.0 Å². The van der Waals surface area contributed by atoms with Gasteiger partial charge in [-0.1, -0.05) is 12.1 Å². The van der Waals surface area contributed by atoms with Gasteiger partial charge in [0.2, 0.25) is 5.91 Å². The molecule has 9 heteroatoms. The first-order valence-corrected chi connectivity index (χ1v) is 8.39. The normalized spacial score (nSPS) is 26.2. The number of carbonyl (C=O) groups is 2. The molecule has 1 saturated heterocycles. The van der Waals surface area contributed by atoms with E-state index in [1.165, 1.54) is 9.80 Å². The molecular weight excluding hydrogens is 344 g/mol. The highest BCUT2D eigenvalue weighted by Gasteiger charge is 2.45. The van der Waals surface area contributed by atoms with Gasteiger partial charge in [-0.2, -0.15) is 0 Å². The maximum absolute atomic E-state index is 13.0. The quantitative estimate of drug-likeness (QED) is 0.394. The van der Waals surface area contributed by atoms with Gasteiger partial charge in [-0.3, -0.25) is 9.59 Å². The first-order chi connectivity index (χ1) is 12.3. The Morgan fingerprint density at radius 3 is 2.50 bits per heavy atom. The summed E-state index contributed by atoms with van der Waals surface area (Å²) in [5.41, 5.74) is 0.540. The Morgan fingerprint density at radius 1 is 1.12 bits per heavy atom. The van der Waals surface area contributed by atoms with E-state index < -0.39 is 43.0 Å². The number of nitrogens with zero attached hydrogens (tertiary/aromatic N) is 2. The molecule has 0 bridgehead atoms. The van der Waals surface area contributed by atoms with Gasteiger partial charge in [-0.15, -0.1) is 0 Å². The third-order valence-corrected chi connectivity index (χ3v) is 4.86. The molecule has 5 N–H and O–H groups in total. The average molecular weight is 366 g/mol. The van der Waals surface area contributed by atoms with Crippen LogP contribution in [0, 0.1) is 0 Å². The highest BCUT2D eigenvalue weighted by molar-refractivity contribution is 6.11. The van der Waals surface area contributed by atoms with E-state index in [1.54, 1.807) is 24.3 Å². The van der Waals surface area contributed by atoms with Gasteiger partial charge in [0.15, 0.2) is 0 Å². The van der Waals surface area contributed by atoms with Crippen molar-refractivity contribution in [1.29, 1.82) is 0 Å². The number of aliphatic hydroxyl groups is 5. The van der Waals surface area contributed by atoms with E-state index in [1.807, 2.05) is 0 Å². The molecule has 142 valence electrons. The number of hydrogen-bond acceptors (Lipinski definition) is 7. The summed E-state index contributed by atoms with van der Waals surface area (Å²) in [5, 5.41) is 48.4. The van der Waals surface area contributed by atoms with Crippen LogP contribution in [0.15, 0.2) is 24.3 Å². The largest absolute Gasteiger partial charge is 0.394 e. The Bertz CT molecular complexity index is 697. The molecule has 2 unspecified atom stereocenters. The first-order valence-electron chi connectivity index (χ1n) is 8.39. The van der Waals surface area contributed by atoms with Crippen molar-refractivity contribution in [1.82, 2.24) is 4.90 Å². The molecule has 3 rings (SSSR count). The molecule has 2 amide bonds. The smallest absolute Gasteiger partial charge is 0.256 e. The van der Waals surface area contributed by atoms with Crippen molar-refractivity contribution in [2.45, 2.75) is 36.9 Å². The van der Waals surface area contributed by atoms with Crippen molar-refractivity contribution in [2.75, 3.05) is 24.6 Å². The number of rotatable bonds is 5. The van der Waals surface area contributed by atoms with Crippen molar-refractivity contribution < 1.29 is 35.1 Å². The van der Waals surface area contributed by atoms with Crippen molar-refractivity contribution in [2.24, 2.45) is 0 Å². The molecule has 5 atom stereocenters. The van der Waals surface area contributed by atoms with Crippen LogP contribution in [0.5, 0.6) is 0 Å². The van der Waals surface area contributed by atoms with E-state index in [-0.39, 0.29) is 36.7 Å². The summed E-state index contributed by atoms with van der Waals surface area (Å²) in [5.74, 6) is -0.868. The monoisotopic (exact) mass is 366 g/mol. The van der Waals surface area contributed by atoms with Gasteiger partial charge in [-0.05, 0) is 12.1 Å². The van der Waals surface area contributed by atoms with Gasteiger partial charge < -0.3 is 35.3 Å². The molecule has 0 aromatic heterocycles. The third kappa shape index (κ3) is 3.19. The Labute approximate surface area is 149 Å². The highest BCUT2D eigenvalue weighted by Crippen LogP contribution is 2.32. The Kier molecular flexibility index (Phi) is 5.26. The van der Waals surface area contributed by atoms with Crippen LogP contribution < -0.4 is 4.90 Å². The molecule has 2 aliphatic rings. The highest BCUT2D eigenvalue weighted by atomic mass is 16.4. The van der Waals surface area contributed by atoms with Crippen molar-refractivity contribution in [3.8, 4) is 0 Å². The lowest BCUT2D eigenvalue weighted by atomic mass is 10.1. The van der Waals surface area contributed by atoms with Gasteiger partial charge in [0.25, 0.3) is 5.91 Å². The summed E-state index contributed by atoms with van der Waals surface area (Å²) in [6.07, 6.45) is -5.49. The molecule has 1 aromatic rings. The standard InChI is InChI=1S/C17H22N2O7/c20-8-14(23)15(24)13(22)7-19-11-4-2-1-3-10(11)16(25)18-6-9(21)5-12(18)17(19)26/h1-4,9,12-15,20-24H,5-8H2/t9?,12?,13-,14+,15+/m0/s1. The molecule has 0 radical (unpaired) electrons. The molecule has 0 spiro atoms. The predicted molar refractivity (Wildman–Crippen MR) is 89.3 cm³/mol. The van der Waals surface area contributed by atoms with Crippen LogP contribution in [-0.2, 0) is 4.79 Å². The maximum atomic E-state index is 13.0. The number of aliphatic hydroxyl groups excluding tert-OH is 5. The summed E-state index contributed by atoms with van der Waals surface area (Å²) in [7, 11) is 0. The van der Waals surface area contributed by atoms with Crippen LogP contribution in [0.4, 0.5) is 5.69 Å². The Morgan fingerprint density at radius 2 is 1.81 bits per heavy atom. The van der Waals surface area contributed by atoms with E-state index in [9.17, 15) is 30.0 Å². The van der Waals surface area contributed by atoms with Crippen LogP contribution in [0.3, 0.4) is 0 Å². The summed E-state index contributed by atoms with van der Waals surface area (Å²) in [4.78, 5) is 28.3. The van der Waals surface area contributed by atoms with Crippen molar-refractivity contribution in [3.05, 3.63) is 29.8 Å². The Balaban J connectivity index is 1.96. The van der Waals surface area contributed by atoms with Gasteiger partial charge >= 0.3 is 0 Å². The summed E-state index contributed by atoms with van der Waals surface area (Å²) < 4.78 is 0. The number of para-hydroxylation sites is 1. The van der Waals surface area contributed by atoms with Gasteiger partial charge in [0.05, 0.1) is 30.5 Å². The Hall–Kier alpha value is -2.04. The average Bonchev–Trinajstić information content (AvgIpc) is 3.02. The number of anilines is 1. The zero-order chi connectivity index (χ0) is 19.0. The fourth-order valence-electron chi connectivity index (χ4n) is 3.46. The van der Waals surface area contributed by atoms with Crippen LogP contribution in [-0.4, -0.2) is 92.4 Å². The SMILES string of the molecule is O=C1C2CC(O)CN2C(=O)c2ccccc2N1C[C@H](O)[C@@H](O)[C@H](O)CO. The molecule has 1 fully saturated rings. The second-order valence-corrected chi connectivity index (χ2v) is 6.64. The molecule has 0 saturated carbocycles. The van der Waals surface area contributed by atoms with Crippen LogP contribution >= 0.6 is 0 Å². The lowest BCUT2D eigenvalue weighted by molar-refractivity contribution is -0.123. The number of amides is 2. The van der Waals surface area contributed by atoms with Crippen LogP contribution in [0.25, 0.3) is 0 Å². The molecule has 2 aliphatic heterocycles. The number of fused-ring (bicyclic) bond motifs is 2. The zero-order valence-corrected chi connectivity index (χ0v) is 14.0. The van der Waals surface area contributed by atoms with E-state index in [2.05, 4.69) is 0 Å². The second-order valence-electron chi connectivity index (χ2n) is 6.64. The number of β-amino-alcohol motifs (C(OH)–C–C–N with tert-alkyl or cyclic N) is 1. The van der Waals surface area contributed by atoms with E-state index >= 15 is 0 Å². The van der Waals surface area contributed by atoms with Crippen molar-refractivity contribution >= 4 is 17.5 Å². The molecule has 2 heterocycles. The maximum Gasteiger partial charge on any atom is 0.256 e. The molecular formula is C17H22N2O7. The lowest BCUT2D eigenvalue weighted by Crippen LogP contribution is -2.51. The summed E-state index contributed by atoms with van der Waals surface area (Å²) >= 11 is 0. The molecule has 0 aliphatic carbocycles. The fourth-order valence-corrected chi connectivity index (χ4v) is 3.46. The number of carbonyl (C=O) groups excluding carboxylic acids is 2. The van der Waals surface area contributed by atoms with E-state index in [4.69, 9.17) is 5.11 Å². The van der Waals surface area contributed by atoms with E-state index in [0.29, 0.717) is 0 Å². The minimum absolute atomic E-state index is 0.0474. The topological polar surface area (TPSA) is 142 Å². The summed E-state index contributed by atoms with van der Waals surface area (Å²) in [6.45, 7) is -1.07. The zero-order valence-electron chi connectivity index (χ0n) is 14.0. The molecule has 26 heavy (non-hydrogen) atoms. The lowest BCUT2D eigenvalue weighted by Gasteiger charge is -2.30.